The zero-order valence-corrected chi connectivity index (χ0v) is 16.9. The van der Waals surface area contributed by atoms with Crippen LogP contribution in [0.1, 0.15) is 33.6 Å². The monoisotopic (exact) mass is 444 g/mol. The minimum Gasteiger partial charge on any atom is -0.338 e. The van der Waals surface area contributed by atoms with Crippen molar-refractivity contribution in [3.8, 4) is 0 Å². The van der Waals surface area contributed by atoms with E-state index in [1.807, 2.05) is 0 Å². The summed E-state index contributed by atoms with van der Waals surface area (Å²) in [5.41, 5.74) is 0.422. The normalized spacial score (nSPS) is 20.6. The Morgan fingerprint density at radius 2 is 1.44 bits per heavy atom. The van der Waals surface area contributed by atoms with Gasteiger partial charge in [0.05, 0.1) is 16.6 Å². The lowest BCUT2D eigenvalue weighted by Crippen LogP contribution is -2.36. The zero-order valence-electron chi connectivity index (χ0n) is 16.9. The highest BCUT2D eigenvalue weighted by molar-refractivity contribution is 5.97. The van der Waals surface area contributed by atoms with Gasteiger partial charge in [0.1, 0.15) is 5.82 Å². The second-order valence-corrected chi connectivity index (χ2v) is 8.54. The van der Waals surface area contributed by atoms with Gasteiger partial charge in [-0.15, -0.1) is 0 Å². The molecule has 3 heterocycles. The van der Waals surface area contributed by atoms with E-state index in [-0.39, 0.29) is 17.0 Å². The Morgan fingerprint density at radius 1 is 0.812 bits per heavy atom. The van der Waals surface area contributed by atoms with Crippen LogP contribution in [0.15, 0.2) is 35.1 Å². The van der Waals surface area contributed by atoms with Gasteiger partial charge in [0.25, 0.3) is 11.8 Å². The molecule has 0 bridgehead atoms. The highest BCUT2D eigenvalue weighted by atomic mass is 19.2. The lowest BCUT2D eigenvalue weighted by atomic mass is 9.86. The first-order valence-corrected chi connectivity index (χ1v) is 10.2. The van der Waals surface area contributed by atoms with E-state index in [1.54, 1.807) is 23.1 Å². The molecule has 5 rings (SSSR count). The molecule has 0 aliphatic carbocycles. The fraction of sp³-hybridized carbons (Fsp3) is 0.318. The first-order chi connectivity index (χ1) is 15.2. The van der Waals surface area contributed by atoms with Crippen LogP contribution in [-0.4, -0.2) is 57.8 Å². The van der Waals surface area contributed by atoms with Crippen molar-refractivity contribution in [2.24, 2.45) is 5.41 Å². The molecule has 2 N–H and O–H groups in total. The zero-order chi connectivity index (χ0) is 22.6. The lowest BCUT2D eigenvalue weighted by molar-refractivity contribution is 0.0752. The number of amides is 2. The third-order valence-corrected chi connectivity index (χ3v) is 6.45. The van der Waals surface area contributed by atoms with Gasteiger partial charge in [0.2, 0.25) is 0 Å². The number of carbonyl (C=O) groups is 2. The SMILES string of the molecule is O=C(c1ccc2[nH]c(=O)[nH]c2c1)N1CCC2(CCN(C(=O)c3cc(F)c(F)cc3F)C2)C1. The largest absolute Gasteiger partial charge is 0.338 e. The number of carbonyl (C=O) groups excluding carboxylic acids is 2. The summed E-state index contributed by atoms with van der Waals surface area (Å²) in [5, 5.41) is 0. The Morgan fingerprint density at radius 3 is 2.16 bits per heavy atom. The van der Waals surface area contributed by atoms with Crippen molar-refractivity contribution in [2.75, 3.05) is 26.2 Å². The molecular weight excluding hydrogens is 425 g/mol. The van der Waals surface area contributed by atoms with Gasteiger partial charge in [-0.3, -0.25) is 9.59 Å². The van der Waals surface area contributed by atoms with E-state index in [0.29, 0.717) is 67.8 Å². The summed E-state index contributed by atoms with van der Waals surface area (Å²) in [7, 11) is 0. The minimum absolute atomic E-state index is 0.178. The number of hydrogen-bond donors (Lipinski definition) is 2. The minimum atomic E-state index is -1.34. The summed E-state index contributed by atoms with van der Waals surface area (Å²) in [4.78, 5) is 45.6. The maximum atomic E-state index is 14.0. The number of aromatic amines is 2. The summed E-state index contributed by atoms with van der Waals surface area (Å²) >= 11 is 0. The van der Waals surface area contributed by atoms with Crippen LogP contribution in [0.2, 0.25) is 0 Å². The number of likely N-dealkylation sites (tertiary alicyclic amines) is 2. The van der Waals surface area contributed by atoms with E-state index in [4.69, 9.17) is 0 Å². The Labute approximate surface area is 179 Å². The number of nitrogens with zero attached hydrogens (tertiary/aromatic N) is 2. The maximum absolute atomic E-state index is 14.0. The number of fused-ring (bicyclic) bond motifs is 1. The standard InChI is InChI=1S/C22H19F3N4O3/c23-14-9-16(25)15(24)8-13(14)20(31)29-6-4-22(11-29)3-5-28(10-22)19(30)12-1-2-17-18(7-12)27-21(32)26-17/h1-2,7-9H,3-6,10-11H2,(H2,26,27,32). The van der Waals surface area contributed by atoms with Crippen molar-refractivity contribution < 1.29 is 22.8 Å². The van der Waals surface area contributed by atoms with Crippen LogP contribution in [0.25, 0.3) is 11.0 Å². The second-order valence-electron chi connectivity index (χ2n) is 8.54. The molecule has 3 aromatic rings. The average Bonchev–Trinajstić information content (AvgIpc) is 3.47. The number of imidazole rings is 1. The van der Waals surface area contributed by atoms with Crippen molar-refractivity contribution >= 4 is 22.8 Å². The summed E-state index contributed by atoms with van der Waals surface area (Å²) in [6.45, 7) is 1.58. The fourth-order valence-electron chi connectivity index (χ4n) is 4.76. The van der Waals surface area contributed by atoms with Crippen LogP contribution in [0.5, 0.6) is 0 Å². The summed E-state index contributed by atoms with van der Waals surface area (Å²) in [6.07, 6.45) is 1.30. The molecule has 10 heteroatoms. The summed E-state index contributed by atoms with van der Waals surface area (Å²) in [6, 6.07) is 5.90. The number of nitrogens with one attached hydrogen (secondary N) is 2. The molecule has 0 radical (unpaired) electrons. The molecule has 166 valence electrons. The Balaban J connectivity index is 1.30. The van der Waals surface area contributed by atoms with E-state index in [1.165, 1.54) is 4.90 Å². The molecular formula is C22H19F3N4O3. The van der Waals surface area contributed by atoms with Gasteiger partial charge in [-0.1, -0.05) is 0 Å². The van der Waals surface area contributed by atoms with Crippen LogP contribution in [0, 0.1) is 22.9 Å². The molecule has 32 heavy (non-hydrogen) atoms. The first kappa shape index (κ1) is 20.3. The van der Waals surface area contributed by atoms with Crippen LogP contribution in [0.3, 0.4) is 0 Å². The molecule has 7 nitrogen and oxygen atoms in total. The predicted molar refractivity (Wildman–Crippen MR) is 109 cm³/mol. The molecule has 1 atom stereocenters. The number of rotatable bonds is 2. The van der Waals surface area contributed by atoms with Crippen LogP contribution < -0.4 is 5.69 Å². The average molecular weight is 444 g/mol. The molecule has 0 saturated carbocycles. The Bertz CT molecular complexity index is 1320. The van der Waals surface area contributed by atoms with Crippen molar-refractivity contribution in [1.82, 2.24) is 19.8 Å². The second kappa shape index (κ2) is 7.25. The summed E-state index contributed by atoms with van der Waals surface area (Å²) < 4.78 is 40.8. The highest BCUT2D eigenvalue weighted by Crippen LogP contribution is 2.40. The maximum Gasteiger partial charge on any atom is 0.323 e. The molecule has 2 aliphatic heterocycles. The lowest BCUT2D eigenvalue weighted by Gasteiger charge is -2.25. The van der Waals surface area contributed by atoms with E-state index in [0.717, 1.165) is 0 Å². The first-order valence-electron chi connectivity index (χ1n) is 10.2. The molecule has 2 aromatic carbocycles. The van der Waals surface area contributed by atoms with Gasteiger partial charge in [-0.25, -0.2) is 18.0 Å². The molecule has 1 aromatic heterocycles. The number of aromatic nitrogens is 2. The topological polar surface area (TPSA) is 89.3 Å². The molecule has 1 spiro atoms. The van der Waals surface area contributed by atoms with Crippen molar-refractivity contribution in [3.05, 3.63) is 69.4 Å². The molecule has 2 saturated heterocycles. The molecule has 2 aliphatic rings. The van der Waals surface area contributed by atoms with Crippen LogP contribution in [-0.2, 0) is 0 Å². The number of hydrogen-bond acceptors (Lipinski definition) is 3. The van der Waals surface area contributed by atoms with Crippen LogP contribution in [0.4, 0.5) is 13.2 Å². The molecule has 2 amide bonds. The Kier molecular flexibility index (Phi) is 4.61. The van der Waals surface area contributed by atoms with Gasteiger partial charge in [0, 0.05) is 43.2 Å². The van der Waals surface area contributed by atoms with Crippen LogP contribution >= 0.6 is 0 Å². The van der Waals surface area contributed by atoms with Gasteiger partial charge in [0.15, 0.2) is 11.6 Å². The third-order valence-electron chi connectivity index (χ3n) is 6.45. The van der Waals surface area contributed by atoms with Gasteiger partial charge in [-0.2, -0.15) is 0 Å². The van der Waals surface area contributed by atoms with Crippen molar-refractivity contribution in [1.29, 1.82) is 0 Å². The smallest absolute Gasteiger partial charge is 0.323 e. The predicted octanol–water partition coefficient (Wildman–Crippen LogP) is 2.65. The number of halogens is 3. The fourth-order valence-corrected chi connectivity index (χ4v) is 4.76. The van der Waals surface area contributed by atoms with Crippen molar-refractivity contribution in [2.45, 2.75) is 12.8 Å². The molecule has 2 fully saturated rings. The van der Waals surface area contributed by atoms with E-state index in [2.05, 4.69) is 9.97 Å². The quantitative estimate of drug-likeness (QED) is 0.596. The van der Waals surface area contributed by atoms with Crippen molar-refractivity contribution in [3.63, 3.8) is 0 Å². The van der Waals surface area contributed by atoms with E-state index < -0.39 is 28.9 Å². The number of benzene rings is 2. The van der Waals surface area contributed by atoms with Gasteiger partial charge >= 0.3 is 5.69 Å². The van der Waals surface area contributed by atoms with Gasteiger partial charge in [-0.05, 0) is 37.1 Å². The Hall–Kier alpha value is -3.56. The van der Waals surface area contributed by atoms with Gasteiger partial charge < -0.3 is 19.8 Å². The van der Waals surface area contributed by atoms with E-state index >= 15 is 0 Å². The highest BCUT2D eigenvalue weighted by Gasteiger charge is 2.46. The molecule has 1 unspecified atom stereocenters. The summed E-state index contributed by atoms with van der Waals surface area (Å²) in [5.74, 6) is -4.59. The number of H-pyrrole nitrogens is 2. The van der Waals surface area contributed by atoms with E-state index in [9.17, 15) is 27.6 Å². The third kappa shape index (κ3) is 3.35.